The predicted octanol–water partition coefficient (Wildman–Crippen LogP) is 3.34. The number of methoxy groups -OCH3 is 1. The summed E-state index contributed by atoms with van der Waals surface area (Å²) < 4.78 is 7.68. The van der Waals surface area contributed by atoms with Crippen LogP contribution in [0.25, 0.3) is 0 Å². The third-order valence-corrected chi connectivity index (χ3v) is 5.65. The van der Waals surface area contributed by atoms with Crippen molar-refractivity contribution < 1.29 is 9.84 Å². The molecule has 0 spiro atoms. The van der Waals surface area contributed by atoms with Gasteiger partial charge in [-0.05, 0) is 36.6 Å². The number of benzene rings is 2. The first-order chi connectivity index (χ1) is 13.6. The van der Waals surface area contributed by atoms with Crippen LogP contribution >= 0.6 is 0 Å². The van der Waals surface area contributed by atoms with Gasteiger partial charge in [0.05, 0.1) is 13.7 Å². The minimum Gasteiger partial charge on any atom is -0.496 e. The Morgan fingerprint density at radius 1 is 1.14 bits per heavy atom. The average Bonchev–Trinajstić information content (AvgIpc) is 3.29. The molecule has 0 aliphatic carbocycles. The summed E-state index contributed by atoms with van der Waals surface area (Å²) in [6.45, 7) is 5.09. The Morgan fingerprint density at radius 3 is 2.68 bits per heavy atom. The molecule has 0 amide bonds. The van der Waals surface area contributed by atoms with Gasteiger partial charge in [0, 0.05) is 37.6 Å². The van der Waals surface area contributed by atoms with E-state index in [0.717, 1.165) is 48.8 Å². The Kier molecular flexibility index (Phi) is 5.20. The fraction of sp³-hybridized carbons (Fsp3) is 0.348. The van der Waals surface area contributed by atoms with E-state index in [2.05, 4.69) is 26.6 Å². The van der Waals surface area contributed by atoms with Gasteiger partial charge in [-0.15, -0.1) is 0 Å². The number of hydrogen-bond acceptors (Lipinski definition) is 4. The zero-order chi connectivity index (χ0) is 19.6. The van der Waals surface area contributed by atoms with Crippen LogP contribution in [0.2, 0.25) is 0 Å². The lowest BCUT2D eigenvalue weighted by atomic mass is 9.93. The van der Waals surface area contributed by atoms with E-state index in [1.165, 1.54) is 5.56 Å². The van der Waals surface area contributed by atoms with Crippen LogP contribution in [0.5, 0.6) is 5.75 Å². The summed E-state index contributed by atoms with van der Waals surface area (Å²) in [7, 11) is 1.71. The SMILES string of the molecule is COc1ccc(CN2CCC(O)(c3ccccc3)C2)cc1Cn1ccnc1C. The predicted molar refractivity (Wildman–Crippen MR) is 109 cm³/mol. The van der Waals surface area contributed by atoms with Crippen LogP contribution < -0.4 is 4.74 Å². The van der Waals surface area contributed by atoms with Crippen molar-refractivity contribution in [3.8, 4) is 5.75 Å². The highest BCUT2D eigenvalue weighted by Gasteiger charge is 2.37. The third kappa shape index (κ3) is 3.81. The fourth-order valence-corrected chi connectivity index (χ4v) is 4.06. The summed E-state index contributed by atoms with van der Waals surface area (Å²) in [5, 5.41) is 11.1. The number of ether oxygens (including phenoxy) is 1. The molecule has 2 aromatic carbocycles. The zero-order valence-electron chi connectivity index (χ0n) is 16.5. The summed E-state index contributed by atoms with van der Waals surface area (Å²) in [6, 6.07) is 16.4. The number of likely N-dealkylation sites (tertiary alicyclic amines) is 1. The van der Waals surface area contributed by atoms with Crippen molar-refractivity contribution in [2.75, 3.05) is 20.2 Å². The topological polar surface area (TPSA) is 50.5 Å². The van der Waals surface area contributed by atoms with Gasteiger partial charge in [0.1, 0.15) is 17.2 Å². The van der Waals surface area contributed by atoms with Crippen LogP contribution in [0.1, 0.15) is 28.9 Å². The van der Waals surface area contributed by atoms with Crippen molar-refractivity contribution in [2.24, 2.45) is 0 Å². The first-order valence-corrected chi connectivity index (χ1v) is 9.71. The number of aromatic nitrogens is 2. The Bertz CT molecular complexity index is 938. The molecule has 0 bridgehead atoms. The molecule has 146 valence electrons. The summed E-state index contributed by atoms with van der Waals surface area (Å²) in [5.74, 6) is 1.87. The van der Waals surface area contributed by atoms with Crippen molar-refractivity contribution >= 4 is 0 Å². The molecule has 1 unspecified atom stereocenters. The Balaban J connectivity index is 1.49. The molecule has 5 nitrogen and oxygen atoms in total. The van der Waals surface area contributed by atoms with Gasteiger partial charge in [0.2, 0.25) is 0 Å². The molecule has 3 aromatic rings. The summed E-state index contributed by atoms with van der Waals surface area (Å²) in [6.07, 6.45) is 4.57. The van der Waals surface area contributed by atoms with Crippen LogP contribution in [0.15, 0.2) is 60.9 Å². The molecule has 0 radical (unpaired) electrons. The quantitative estimate of drug-likeness (QED) is 0.716. The molecule has 0 saturated carbocycles. The molecule has 1 saturated heterocycles. The number of aryl methyl sites for hydroxylation is 1. The minimum absolute atomic E-state index is 0.652. The van der Waals surface area contributed by atoms with Gasteiger partial charge >= 0.3 is 0 Å². The van der Waals surface area contributed by atoms with Crippen molar-refractivity contribution in [1.29, 1.82) is 0 Å². The third-order valence-electron chi connectivity index (χ3n) is 5.65. The molecule has 1 aromatic heterocycles. The Hall–Kier alpha value is -2.63. The average molecular weight is 377 g/mol. The first kappa shape index (κ1) is 18.7. The minimum atomic E-state index is -0.759. The molecule has 5 heteroatoms. The molecule has 1 fully saturated rings. The molecule has 1 aliphatic rings. The van der Waals surface area contributed by atoms with E-state index >= 15 is 0 Å². The van der Waals surface area contributed by atoms with Gasteiger partial charge in [-0.1, -0.05) is 36.4 Å². The maximum atomic E-state index is 11.1. The number of imidazole rings is 1. The Labute approximate surface area is 166 Å². The van der Waals surface area contributed by atoms with Crippen LogP contribution in [0, 0.1) is 6.92 Å². The van der Waals surface area contributed by atoms with E-state index in [4.69, 9.17) is 4.74 Å². The molecule has 1 N–H and O–H groups in total. The molecular formula is C23H27N3O2. The second-order valence-electron chi connectivity index (χ2n) is 7.61. The van der Waals surface area contributed by atoms with E-state index < -0.39 is 5.60 Å². The molecule has 1 atom stereocenters. The normalized spacial score (nSPS) is 19.8. The summed E-state index contributed by atoms with van der Waals surface area (Å²) in [4.78, 5) is 6.63. The molecule has 1 aliphatic heterocycles. The molecular weight excluding hydrogens is 350 g/mol. The summed E-state index contributed by atoms with van der Waals surface area (Å²) in [5.41, 5.74) is 2.61. The number of rotatable bonds is 6. The molecule has 28 heavy (non-hydrogen) atoms. The number of β-amino-alcohol motifs (C(OH)–C–C–N with tert-alkyl or cyclic N) is 1. The van der Waals surface area contributed by atoms with Crippen molar-refractivity contribution in [1.82, 2.24) is 14.5 Å². The van der Waals surface area contributed by atoms with Gasteiger partial charge in [0.25, 0.3) is 0 Å². The highest BCUT2D eigenvalue weighted by molar-refractivity contribution is 5.38. The number of nitrogens with zero attached hydrogens (tertiary/aromatic N) is 3. The molecule has 4 rings (SSSR count). The lowest BCUT2D eigenvalue weighted by Gasteiger charge is -2.24. The van der Waals surface area contributed by atoms with Crippen LogP contribution in [0.3, 0.4) is 0 Å². The largest absolute Gasteiger partial charge is 0.496 e. The van der Waals surface area contributed by atoms with Crippen molar-refractivity contribution in [3.05, 3.63) is 83.4 Å². The second-order valence-corrected chi connectivity index (χ2v) is 7.61. The standard InChI is InChI=1S/C23H27N3O2/c1-18-24-11-13-26(18)16-20-14-19(8-9-22(20)28-2)15-25-12-10-23(27,17-25)21-6-4-3-5-7-21/h3-9,11,13-14,27H,10,12,15-17H2,1-2H3. The van der Waals surface area contributed by atoms with E-state index in [-0.39, 0.29) is 0 Å². The first-order valence-electron chi connectivity index (χ1n) is 9.71. The maximum Gasteiger partial charge on any atom is 0.123 e. The van der Waals surface area contributed by atoms with Crippen LogP contribution in [0.4, 0.5) is 0 Å². The number of hydrogen-bond donors (Lipinski definition) is 1. The van der Waals surface area contributed by atoms with E-state index in [9.17, 15) is 5.11 Å². The lowest BCUT2D eigenvalue weighted by Crippen LogP contribution is -2.30. The summed E-state index contributed by atoms with van der Waals surface area (Å²) >= 11 is 0. The van der Waals surface area contributed by atoms with Crippen molar-refractivity contribution in [2.45, 2.75) is 32.0 Å². The van der Waals surface area contributed by atoms with Gasteiger partial charge in [-0.25, -0.2) is 4.98 Å². The number of aliphatic hydroxyl groups is 1. The lowest BCUT2D eigenvalue weighted by molar-refractivity contribution is 0.0453. The van der Waals surface area contributed by atoms with Gasteiger partial charge < -0.3 is 14.4 Å². The fourth-order valence-electron chi connectivity index (χ4n) is 4.06. The van der Waals surface area contributed by atoms with Gasteiger partial charge in [-0.3, -0.25) is 4.90 Å². The zero-order valence-corrected chi connectivity index (χ0v) is 16.5. The van der Waals surface area contributed by atoms with Gasteiger partial charge in [-0.2, -0.15) is 0 Å². The van der Waals surface area contributed by atoms with E-state index in [0.29, 0.717) is 6.54 Å². The Morgan fingerprint density at radius 2 is 1.96 bits per heavy atom. The van der Waals surface area contributed by atoms with Gasteiger partial charge in [0.15, 0.2) is 0 Å². The van der Waals surface area contributed by atoms with Crippen molar-refractivity contribution in [3.63, 3.8) is 0 Å². The highest BCUT2D eigenvalue weighted by Crippen LogP contribution is 2.33. The maximum absolute atomic E-state index is 11.1. The van der Waals surface area contributed by atoms with E-state index in [1.807, 2.05) is 55.7 Å². The smallest absolute Gasteiger partial charge is 0.123 e. The monoisotopic (exact) mass is 377 g/mol. The van der Waals surface area contributed by atoms with Crippen LogP contribution in [-0.2, 0) is 18.7 Å². The molecule has 2 heterocycles. The highest BCUT2D eigenvalue weighted by atomic mass is 16.5. The second kappa shape index (κ2) is 7.78. The van der Waals surface area contributed by atoms with Crippen LogP contribution in [-0.4, -0.2) is 39.8 Å². The van der Waals surface area contributed by atoms with E-state index in [1.54, 1.807) is 7.11 Å².